The first-order valence-electron chi connectivity index (χ1n) is 7.07. The number of hydrogen-bond acceptors (Lipinski definition) is 6. The fourth-order valence-corrected chi connectivity index (χ4v) is 2.45. The van der Waals surface area contributed by atoms with Crippen molar-refractivity contribution in [1.29, 1.82) is 0 Å². The third-order valence-electron chi connectivity index (χ3n) is 3.52. The van der Waals surface area contributed by atoms with E-state index in [0.717, 1.165) is 32.4 Å². The monoisotopic (exact) mass is 300 g/mol. The predicted molar refractivity (Wildman–Crippen MR) is 77.2 cm³/mol. The number of ether oxygens (including phenoxy) is 1. The van der Waals surface area contributed by atoms with Gasteiger partial charge in [-0.2, -0.15) is 15.0 Å². The molecule has 1 fully saturated rings. The summed E-state index contributed by atoms with van der Waals surface area (Å²) in [6.07, 6.45) is 2.47. The van der Waals surface area contributed by atoms with Crippen molar-refractivity contribution in [2.75, 3.05) is 24.6 Å². The van der Waals surface area contributed by atoms with E-state index < -0.39 is 0 Å². The van der Waals surface area contributed by atoms with Crippen molar-refractivity contribution in [1.82, 2.24) is 15.0 Å². The van der Waals surface area contributed by atoms with E-state index in [1.165, 1.54) is 0 Å². The zero-order valence-electron chi connectivity index (χ0n) is 11.9. The van der Waals surface area contributed by atoms with Crippen LogP contribution in [0.3, 0.4) is 0 Å². The van der Waals surface area contributed by atoms with Crippen LogP contribution in [0.1, 0.15) is 33.1 Å². The predicted octanol–water partition coefficient (Wildman–Crippen LogP) is 1.91. The maximum atomic E-state index is 9.62. The van der Waals surface area contributed by atoms with Crippen molar-refractivity contribution in [3.63, 3.8) is 0 Å². The van der Waals surface area contributed by atoms with Gasteiger partial charge in [-0.15, -0.1) is 0 Å². The number of aliphatic hydroxyl groups excluding tert-OH is 1. The van der Waals surface area contributed by atoms with Crippen LogP contribution in [0.2, 0.25) is 5.28 Å². The summed E-state index contributed by atoms with van der Waals surface area (Å²) in [4.78, 5) is 14.5. The zero-order chi connectivity index (χ0) is 14.5. The van der Waals surface area contributed by atoms with Gasteiger partial charge in [-0.25, -0.2) is 0 Å². The van der Waals surface area contributed by atoms with Gasteiger partial charge in [0.15, 0.2) is 0 Å². The van der Waals surface area contributed by atoms with E-state index in [9.17, 15) is 5.11 Å². The molecule has 0 radical (unpaired) electrons. The molecular weight excluding hydrogens is 280 g/mol. The summed E-state index contributed by atoms with van der Waals surface area (Å²) >= 11 is 5.92. The van der Waals surface area contributed by atoms with E-state index in [1.54, 1.807) is 0 Å². The third-order valence-corrected chi connectivity index (χ3v) is 3.68. The minimum atomic E-state index is -0.262. The molecule has 1 aromatic rings. The first-order valence-corrected chi connectivity index (χ1v) is 7.45. The van der Waals surface area contributed by atoms with Gasteiger partial charge in [0.25, 0.3) is 0 Å². The Bertz CT molecular complexity index is 436. The van der Waals surface area contributed by atoms with E-state index in [1.807, 2.05) is 13.8 Å². The summed E-state index contributed by atoms with van der Waals surface area (Å²) in [6, 6.07) is 0.277. The lowest BCUT2D eigenvalue weighted by Crippen LogP contribution is -2.38. The topological polar surface area (TPSA) is 71.4 Å². The van der Waals surface area contributed by atoms with Crippen LogP contribution in [0.5, 0.6) is 6.01 Å². The molecule has 7 heteroatoms. The van der Waals surface area contributed by atoms with Gasteiger partial charge in [-0.3, -0.25) is 0 Å². The largest absolute Gasteiger partial charge is 0.463 e. The third kappa shape index (κ3) is 3.93. The SMILES string of the molecule is CCCOc1nc(Cl)nc(N2CCC(C(C)O)CC2)n1. The Morgan fingerprint density at radius 3 is 2.65 bits per heavy atom. The highest BCUT2D eigenvalue weighted by Gasteiger charge is 2.24. The van der Waals surface area contributed by atoms with Crippen molar-refractivity contribution in [2.24, 2.45) is 5.92 Å². The Balaban J connectivity index is 2.03. The molecule has 0 saturated carbocycles. The van der Waals surface area contributed by atoms with Crippen molar-refractivity contribution < 1.29 is 9.84 Å². The minimum absolute atomic E-state index is 0.152. The quantitative estimate of drug-likeness (QED) is 0.895. The number of halogens is 1. The maximum absolute atomic E-state index is 9.62. The van der Waals surface area contributed by atoms with Crippen LogP contribution in [0.4, 0.5) is 5.95 Å². The van der Waals surface area contributed by atoms with Crippen LogP contribution in [0.25, 0.3) is 0 Å². The highest BCUT2D eigenvalue weighted by molar-refractivity contribution is 6.28. The van der Waals surface area contributed by atoms with Gasteiger partial charge >= 0.3 is 6.01 Å². The summed E-state index contributed by atoms with van der Waals surface area (Å²) in [6.45, 7) is 6.04. The number of hydrogen-bond donors (Lipinski definition) is 1. The summed E-state index contributed by atoms with van der Waals surface area (Å²) in [5.41, 5.74) is 0. The molecule has 0 bridgehead atoms. The first-order chi connectivity index (χ1) is 9.60. The molecule has 0 amide bonds. The number of nitrogens with zero attached hydrogens (tertiary/aromatic N) is 4. The fourth-order valence-electron chi connectivity index (χ4n) is 2.30. The molecule has 0 spiro atoms. The molecule has 1 unspecified atom stereocenters. The summed E-state index contributed by atoms with van der Waals surface area (Å²) in [5.74, 6) is 0.902. The molecule has 0 aliphatic carbocycles. The molecule has 1 aromatic heterocycles. The fraction of sp³-hybridized carbons (Fsp3) is 0.769. The number of aliphatic hydroxyl groups is 1. The molecule has 0 aromatic carbocycles. The van der Waals surface area contributed by atoms with E-state index >= 15 is 0 Å². The minimum Gasteiger partial charge on any atom is -0.463 e. The number of rotatable bonds is 5. The van der Waals surface area contributed by atoms with Gasteiger partial charge in [0.1, 0.15) is 0 Å². The average Bonchev–Trinajstić information content (AvgIpc) is 2.44. The molecule has 1 N–H and O–H groups in total. The number of piperidine rings is 1. The smallest absolute Gasteiger partial charge is 0.322 e. The van der Waals surface area contributed by atoms with Gasteiger partial charge in [0.2, 0.25) is 11.2 Å². The number of anilines is 1. The van der Waals surface area contributed by atoms with Crippen LogP contribution in [-0.4, -0.2) is 45.9 Å². The molecule has 1 aliphatic heterocycles. The lowest BCUT2D eigenvalue weighted by Gasteiger charge is -2.33. The van der Waals surface area contributed by atoms with Crippen molar-refractivity contribution in [2.45, 2.75) is 39.2 Å². The second-order valence-corrected chi connectivity index (χ2v) is 5.44. The highest BCUT2D eigenvalue weighted by Crippen LogP contribution is 2.24. The van der Waals surface area contributed by atoms with Gasteiger partial charge in [0, 0.05) is 13.1 Å². The van der Waals surface area contributed by atoms with Crippen molar-refractivity contribution in [3.8, 4) is 6.01 Å². The van der Waals surface area contributed by atoms with Crippen LogP contribution in [0.15, 0.2) is 0 Å². The normalized spacial score (nSPS) is 18.1. The van der Waals surface area contributed by atoms with E-state index in [4.69, 9.17) is 16.3 Å². The number of aromatic nitrogens is 3. The maximum Gasteiger partial charge on any atom is 0.322 e. The Labute approximate surface area is 124 Å². The molecule has 6 nitrogen and oxygen atoms in total. The summed E-state index contributed by atoms with van der Waals surface area (Å²) in [5, 5.41) is 9.77. The second kappa shape index (κ2) is 7.04. The van der Waals surface area contributed by atoms with Gasteiger partial charge in [0.05, 0.1) is 12.7 Å². The van der Waals surface area contributed by atoms with Gasteiger partial charge in [-0.05, 0) is 43.7 Å². The Morgan fingerprint density at radius 1 is 1.35 bits per heavy atom. The molecule has 1 aliphatic rings. The Hall–Kier alpha value is -1.14. The summed E-state index contributed by atoms with van der Waals surface area (Å²) in [7, 11) is 0. The Morgan fingerprint density at radius 2 is 2.05 bits per heavy atom. The van der Waals surface area contributed by atoms with Crippen molar-refractivity contribution >= 4 is 17.5 Å². The van der Waals surface area contributed by atoms with Gasteiger partial charge < -0.3 is 14.7 Å². The molecular formula is C13H21ClN4O2. The Kier molecular flexibility index (Phi) is 5.37. The molecule has 1 saturated heterocycles. The molecule has 2 heterocycles. The molecule has 112 valence electrons. The van der Waals surface area contributed by atoms with Crippen LogP contribution < -0.4 is 9.64 Å². The van der Waals surface area contributed by atoms with E-state index in [-0.39, 0.29) is 17.4 Å². The van der Waals surface area contributed by atoms with E-state index in [0.29, 0.717) is 18.5 Å². The molecule has 2 rings (SSSR count). The molecule has 20 heavy (non-hydrogen) atoms. The molecule has 1 atom stereocenters. The summed E-state index contributed by atoms with van der Waals surface area (Å²) < 4.78 is 5.41. The lowest BCUT2D eigenvalue weighted by atomic mass is 9.92. The van der Waals surface area contributed by atoms with Gasteiger partial charge in [-0.1, -0.05) is 6.92 Å². The standard InChI is InChI=1S/C13H21ClN4O2/c1-3-8-20-13-16-11(14)15-12(17-13)18-6-4-10(5-7-18)9(2)19/h9-10,19H,3-8H2,1-2H3. The van der Waals surface area contributed by atoms with Crippen LogP contribution in [-0.2, 0) is 0 Å². The highest BCUT2D eigenvalue weighted by atomic mass is 35.5. The lowest BCUT2D eigenvalue weighted by molar-refractivity contribution is 0.109. The van der Waals surface area contributed by atoms with Crippen molar-refractivity contribution in [3.05, 3.63) is 5.28 Å². The van der Waals surface area contributed by atoms with Crippen LogP contribution >= 0.6 is 11.6 Å². The van der Waals surface area contributed by atoms with E-state index in [2.05, 4.69) is 19.9 Å². The average molecular weight is 301 g/mol. The first kappa shape index (κ1) is 15.3. The van der Waals surface area contributed by atoms with Crippen LogP contribution in [0, 0.1) is 5.92 Å². The zero-order valence-corrected chi connectivity index (χ0v) is 12.7. The second-order valence-electron chi connectivity index (χ2n) is 5.10.